The molecular formula is C56H42. The van der Waals surface area contributed by atoms with Gasteiger partial charge in [0, 0.05) is 22.7 Å². The molecule has 0 heterocycles. The van der Waals surface area contributed by atoms with E-state index in [1.165, 1.54) is 111 Å². The summed E-state index contributed by atoms with van der Waals surface area (Å²) in [5.41, 5.74) is 27.5. The van der Waals surface area contributed by atoms with Gasteiger partial charge >= 0.3 is 0 Å². The molecule has 0 radical (unpaired) electrons. The summed E-state index contributed by atoms with van der Waals surface area (Å²) in [7, 11) is 0. The van der Waals surface area contributed by atoms with Crippen LogP contribution in [-0.4, -0.2) is 0 Å². The Morgan fingerprint density at radius 3 is 1.32 bits per heavy atom. The molecule has 0 spiro atoms. The van der Waals surface area contributed by atoms with Crippen molar-refractivity contribution >= 4 is 0 Å². The Morgan fingerprint density at radius 1 is 0.321 bits per heavy atom. The molecule has 8 aromatic rings. The molecule has 0 aromatic heterocycles. The SMILES string of the molecule is CC1(C)c2ccccc2-c2c1ccc1c2C(C)(C)c2cc(-c3cc(C4c5ccccc5-c5ccccc54)cc(C4c5ccccc5-c5ccccc54)c3)ccc2-1. The number of hydrogen-bond donors (Lipinski definition) is 0. The third-order valence-corrected chi connectivity index (χ3v) is 14.0. The average Bonchev–Trinajstić information content (AvgIpc) is 3.89. The van der Waals surface area contributed by atoms with Gasteiger partial charge in [-0.2, -0.15) is 0 Å². The Hall–Kier alpha value is -6.24. The van der Waals surface area contributed by atoms with Crippen molar-refractivity contribution in [3.63, 3.8) is 0 Å². The van der Waals surface area contributed by atoms with Crippen molar-refractivity contribution < 1.29 is 0 Å². The van der Waals surface area contributed by atoms with E-state index in [4.69, 9.17) is 0 Å². The third kappa shape index (κ3) is 4.14. The van der Waals surface area contributed by atoms with Crippen LogP contribution in [0.25, 0.3) is 55.6 Å². The van der Waals surface area contributed by atoms with Gasteiger partial charge in [-0.05, 0) is 117 Å². The van der Waals surface area contributed by atoms with Crippen LogP contribution >= 0.6 is 0 Å². The van der Waals surface area contributed by atoms with Gasteiger partial charge in [0.1, 0.15) is 0 Å². The van der Waals surface area contributed by atoms with Gasteiger partial charge in [0.15, 0.2) is 0 Å². The Labute approximate surface area is 330 Å². The molecule has 4 aliphatic carbocycles. The molecule has 0 bridgehead atoms. The molecule has 266 valence electrons. The largest absolute Gasteiger partial charge is 0.0619 e. The van der Waals surface area contributed by atoms with Crippen LogP contribution in [0.5, 0.6) is 0 Å². The van der Waals surface area contributed by atoms with Crippen LogP contribution in [0.1, 0.15) is 95.2 Å². The quantitative estimate of drug-likeness (QED) is 0.171. The van der Waals surface area contributed by atoms with Crippen LogP contribution in [0.4, 0.5) is 0 Å². The minimum Gasteiger partial charge on any atom is -0.0619 e. The van der Waals surface area contributed by atoms with Crippen molar-refractivity contribution in [2.45, 2.75) is 50.4 Å². The van der Waals surface area contributed by atoms with Gasteiger partial charge in [-0.15, -0.1) is 0 Å². The molecule has 0 saturated heterocycles. The highest BCUT2D eigenvalue weighted by Crippen LogP contribution is 2.60. The summed E-state index contributed by atoms with van der Waals surface area (Å²) in [5, 5.41) is 0. The normalized spacial score (nSPS) is 16.0. The van der Waals surface area contributed by atoms with Gasteiger partial charge in [0.25, 0.3) is 0 Å². The van der Waals surface area contributed by atoms with Crippen molar-refractivity contribution in [2.24, 2.45) is 0 Å². The zero-order valence-corrected chi connectivity index (χ0v) is 32.3. The number of fused-ring (bicyclic) bond motifs is 13. The predicted octanol–water partition coefficient (Wildman–Crippen LogP) is 14.3. The third-order valence-electron chi connectivity index (χ3n) is 14.0. The molecule has 0 unspecified atom stereocenters. The number of rotatable bonds is 3. The van der Waals surface area contributed by atoms with Crippen molar-refractivity contribution in [2.75, 3.05) is 0 Å². The molecule has 12 rings (SSSR count). The fourth-order valence-electron chi connectivity index (χ4n) is 11.5. The van der Waals surface area contributed by atoms with E-state index in [9.17, 15) is 0 Å². The Bertz CT molecular complexity index is 2780. The van der Waals surface area contributed by atoms with Gasteiger partial charge in [-0.1, -0.05) is 191 Å². The maximum Gasteiger partial charge on any atom is 0.0352 e. The fourth-order valence-corrected chi connectivity index (χ4v) is 11.5. The van der Waals surface area contributed by atoms with E-state index in [2.05, 4.69) is 198 Å². The molecule has 0 aliphatic heterocycles. The van der Waals surface area contributed by atoms with Crippen LogP contribution in [0.15, 0.2) is 170 Å². The van der Waals surface area contributed by atoms with Crippen molar-refractivity contribution in [3.8, 4) is 55.6 Å². The lowest BCUT2D eigenvalue weighted by Gasteiger charge is -2.26. The highest BCUT2D eigenvalue weighted by molar-refractivity contribution is 5.95. The summed E-state index contributed by atoms with van der Waals surface area (Å²) in [6.45, 7) is 9.70. The molecular weight excluding hydrogens is 673 g/mol. The molecule has 8 aromatic carbocycles. The highest BCUT2D eigenvalue weighted by atomic mass is 14.5. The smallest absolute Gasteiger partial charge is 0.0352 e. The summed E-state index contributed by atoms with van der Waals surface area (Å²) < 4.78 is 0. The average molecular weight is 715 g/mol. The fraction of sp³-hybridized carbons (Fsp3) is 0.143. The number of hydrogen-bond acceptors (Lipinski definition) is 0. The monoisotopic (exact) mass is 714 g/mol. The predicted molar refractivity (Wildman–Crippen MR) is 233 cm³/mol. The molecule has 4 aliphatic rings. The summed E-state index contributed by atoms with van der Waals surface area (Å²) in [6.07, 6.45) is 0. The van der Waals surface area contributed by atoms with Crippen LogP contribution in [0.3, 0.4) is 0 Å². The van der Waals surface area contributed by atoms with Gasteiger partial charge in [-0.3, -0.25) is 0 Å². The van der Waals surface area contributed by atoms with E-state index in [1.54, 1.807) is 0 Å². The molecule has 56 heavy (non-hydrogen) atoms. The van der Waals surface area contributed by atoms with Gasteiger partial charge in [0.2, 0.25) is 0 Å². The van der Waals surface area contributed by atoms with Gasteiger partial charge < -0.3 is 0 Å². The van der Waals surface area contributed by atoms with E-state index < -0.39 is 0 Å². The summed E-state index contributed by atoms with van der Waals surface area (Å²) >= 11 is 0. The molecule has 0 nitrogen and oxygen atoms in total. The molecule has 0 atom stereocenters. The van der Waals surface area contributed by atoms with Crippen LogP contribution in [0, 0.1) is 0 Å². The first-order valence-electron chi connectivity index (χ1n) is 20.2. The second kappa shape index (κ2) is 11.2. The number of benzene rings is 8. The maximum atomic E-state index is 2.53. The zero-order valence-electron chi connectivity index (χ0n) is 32.3. The lowest BCUT2D eigenvalue weighted by atomic mass is 9.76. The lowest BCUT2D eigenvalue weighted by Crippen LogP contribution is -2.18. The first-order chi connectivity index (χ1) is 27.3. The van der Waals surface area contributed by atoms with E-state index >= 15 is 0 Å². The lowest BCUT2D eigenvalue weighted by molar-refractivity contribution is 0.647. The van der Waals surface area contributed by atoms with E-state index in [0.29, 0.717) is 0 Å². The Morgan fingerprint density at radius 2 is 0.786 bits per heavy atom. The Kier molecular flexibility index (Phi) is 6.40. The zero-order chi connectivity index (χ0) is 37.5. The summed E-state index contributed by atoms with van der Waals surface area (Å²) in [4.78, 5) is 0. The van der Waals surface area contributed by atoms with Crippen molar-refractivity contribution in [3.05, 3.63) is 225 Å². The van der Waals surface area contributed by atoms with Crippen molar-refractivity contribution in [1.29, 1.82) is 0 Å². The van der Waals surface area contributed by atoms with Crippen LogP contribution in [0.2, 0.25) is 0 Å². The second-order valence-corrected chi connectivity index (χ2v) is 17.6. The molecule has 0 saturated carbocycles. The summed E-state index contributed by atoms with van der Waals surface area (Å²) in [5.74, 6) is 0.322. The van der Waals surface area contributed by atoms with E-state index in [0.717, 1.165) is 0 Å². The van der Waals surface area contributed by atoms with Gasteiger partial charge in [0.05, 0.1) is 0 Å². The first-order valence-corrected chi connectivity index (χ1v) is 20.2. The standard InChI is InChI=1S/C56H42/c1-55(2)48-24-14-13-23-47(48)53-49(55)28-27-46-41-26-25-33(32-50(41)56(3,4)54(46)53)34-29-35(51-42-19-9-5-15-37(42)38-16-6-10-20-43(38)51)31-36(30-34)52-44-21-11-7-17-39(44)40-18-8-12-22-45(40)52/h5-32,51-52H,1-4H3. The van der Waals surface area contributed by atoms with E-state index in [-0.39, 0.29) is 22.7 Å². The summed E-state index contributed by atoms with van der Waals surface area (Å²) in [6, 6.07) is 65.0. The molecule has 0 amide bonds. The molecule has 0 fully saturated rings. The Balaban J connectivity index is 1.07. The first kappa shape index (κ1) is 32.0. The van der Waals surface area contributed by atoms with Crippen molar-refractivity contribution in [1.82, 2.24) is 0 Å². The molecule has 0 heteroatoms. The maximum absolute atomic E-state index is 2.53. The molecule has 0 N–H and O–H groups in total. The highest BCUT2D eigenvalue weighted by Gasteiger charge is 2.44. The topological polar surface area (TPSA) is 0 Å². The minimum atomic E-state index is -0.160. The minimum absolute atomic E-state index is 0.0250. The van der Waals surface area contributed by atoms with E-state index in [1.807, 2.05) is 0 Å². The van der Waals surface area contributed by atoms with Gasteiger partial charge in [-0.25, -0.2) is 0 Å². The van der Waals surface area contributed by atoms with Crippen LogP contribution in [-0.2, 0) is 10.8 Å². The second-order valence-electron chi connectivity index (χ2n) is 17.6. The van der Waals surface area contributed by atoms with Crippen LogP contribution < -0.4 is 0 Å².